The molecule has 2 amide bonds. The lowest BCUT2D eigenvalue weighted by atomic mass is 9.89. The number of fused-ring (bicyclic) bond motifs is 1. The van der Waals surface area contributed by atoms with Crippen LogP contribution in [0.1, 0.15) is 17.9 Å². The van der Waals surface area contributed by atoms with Crippen LogP contribution in [-0.2, 0) is 9.59 Å². The first-order valence-electron chi connectivity index (χ1n) is 6.64. The predicted octanol–water partition coefficient (Wildman–Crippen LogP) is 0.966. The number of para-hydroxylation sites is 1. The highest BCUT2D eigenvalue weighted by molar-refractivity contribution is 6.01. The Morgan fingerprint density at radius 3 is 2.65 bits per heavy atom. The molecule has 1 atom stereocenters. The summed E-state index contributed by atoms with van der Waals surface area (Å²) in [6.45, 7) is 3.09. The molecular weight excluding hydrogens is 278 g/mol. The summed E-state index contributed by atoms with van der Waals surface area (Å²) in [5, 5.41) is 6.05. The van der Waals surface area contributed by atoms with Gasteiger partial charge in [0.05, 0.1) is 5.92 Å². The minimum absolute atomic E-state index is 0. The van der Waals surface area contributed by atoms with Gasteiger partial charge in [-0.05, 0) is 11.6 Å². The number of rotatable bonds is 1. The molecule has 20 heavy (non-hydrogen) atoms. The zero-order valence-electron chi connectivity index (χ0n) is 11.1. The average molecular weight is 296 g/mol. The van der Waals surface area contributed by atoms with Gasteiger partial charge in [0.25, 0.3) is 0 Å². The number of hydrogen-bond acceptors (Lipinski definition) is 3. The molecule has 1 aromatic rings. The van der Waals surface area contributed by atoms with Crippen molar-refractivity contribution < 1.29 is 9.59 Å². The number of amides is 2. The maximum Gasteiger partial charge on any atom is 0.230 e. The molecule has 6 heteroatoms. The molecule has 2 aliphatic rings. The van der Waals surface area contributed by atoms with Crippen LogP contribution in [0.4, 0.5) is 5.69 Å². The van der Waals surface area contributed by atoms with Crippen molar-refractivity contribution in [2.45, 2.75) is 12.3 Å². The first-order valence-corrected chi connectivity index (χ1v) is 6.64. The third-order valence-electron chi connectivity index (χ3n) is 3.73. The van der Waals surface area contributed by atoms with Gasteiger partial charge in [-0.15, -0.1) is 12.4 Å². The zero-order chi connectivity index (χ0) is 13.2. The van der Waals surface area contributed by atoms with Crippen LogP contribution in [0.2, 0.25) is 0 Å². The Labute approximate surface area is 124 Å². The normalized spacial score (nSPS) is 21.5. The third-order valence-corrected chi connectivity index (χ3v) is 3.73. The summed E-state index contributed by atoms with van der Waals surface area (Å²) in [7, 11) is 0. The lowest BCUT2D eigenvalue weighted by molar-refractivity contribution is -0.135. The van der Waals surface area contributed by atoms with E-state index in [4.69, 9.17) is 0 Å². The van der Waals surface area contributed by atoms with Gasteiger partial charge in [0.1, 0.15) is 0 Å². The highest BCUT2D eigenvalue weighted by Crippen LogP contribution is 2.33. The Morgan fingerprint density at radius 1 is 1.20 bits per heavy atom. The lowest BCUT2D eigenvalue weighted by Gasteiger charge is -2.33. The standard InChI is InChI=1S/C14H17N3O2.ClH/c18-13-9-11(10-3-1-2-4-12(10)16-13)14(19)17-7-5-15-6-8-17;/h1-4,11,15H,5-9H2,(H,16,18);1H. The van der Waals surface area contributed by atoms with Gasteiger partial charge in [-0.3, -0.25) is 9.59 Å². The van der Waals surface area contributed by atoms with Gasteiger partial charge < -0.3 is 15.5 Å². The van der Waals surface area contributed by atoms with E-state index in [9.17, 15) is 9.59 Å². The Kier molecular flexibility index (Phi) is 4.62. The number of carbonyl (C=O) groups excluding carboxylic acids is 2. The van der Waals surface area contributed by atoms with Crippen molar-refractivity contribution in [3.05, 3.63) is 29.8 Å². The fourth-order valence-electron chi connectivity index (χ4n) is 2.74. The van der Waals surface area contributed by atoms with E-state index < -0.39 is 0 Å². The van der Waals surface area contributed by atoms with E-state index in [2.05, 4.69) is 10.6 Å². The van der Waals surface area contributed by atoms with Gasteiger partial charge in [0, 0.05) is 38.3 Å². The molecule has 0 aromatic heterocycles. The number of halogens is 1. The van der Waals surface area contributed by atoms with Crippen molar-refractivity contribution in [1.82, 2.24) is 10.2 Å². The Balaban J connectivity index is 0.00000147. The second-order valence-electron chi connectivity index (χ2n) is 4.97. The van der Waals surface area contributed by atoms with Gasteiger partial charge in [-0.25, -0.2) is 0 Å². The van der Waals surface area contributed by atoms with Crippen molar-refractivity contribution in [3.8, 4) is 0 Å². The minimum Gasteiger partial charge on any atom is -0.340 e. The van der Waals surface area contributed by atoms with Crippen molar-refractivity contribution in [2.75, 3.05) is 31.5 Å². The highest BCUT2D eigenvalue weighted by Gasteiger charge is 2.33. The zero-order valence-corrected chi connectivity index (χ0v) is 11.9. The topological polar surface area (TPSA) is 61.4 Å². The SMILES string of the molecule is Cl.O=C1CC(C(=O)N2CCNCC2)c2ccccc2N1. The van der Waals surface area contributed by atoms with Gasteiger partial charge in [0.2, 0.25) is 11.8 Å². The fraction of sp³-hybridized carbons (Fsp3) is 0.429. The number of nitrogens with zero attached hydrogens (tertiary/aromatic N) is 1. The molecule has 0 saturated carbocycles. The van der Waals surface area contributed by atoms with E-state index in [1.165, 1.54) is 0 Å². The summed E-state index contributed by atoms with van der Waals surface area (Å²) in [5.74, 6) is -0.334. The molecule has 0 bridgehead atoms. The van der Waals surface area contributed by atoms with Crippen LogP contribution in [0.15, 0.2) is 24.3 Å². The molecular formula is C14H18ClN3O2. The molecule has 3 rings (SSSR count). The molecule has 1 fully saturated rings. The molecule has 1 saturated heterocycles. The Bertz CT molecular complexity index is 515. The maximum atomic E-state index is 12.6. The third kappa shape index (κ3) is 2.78. The average Bonchev–Trinajstić information content (AvgIpc) is 2.46. The number of anilines is 1. The Hall–Kier alpha value is -1.59. The quantitative estimate of drug-likeness (QED) is 0.811. The molecule has 2 N–H and O–H groups in total. The smallest absolute Gasteiger partial charge is 0.230 e. The number of hydrogen-bond donors (Lipinski definition) is 2. The van der Waals surface area contributed by atoms with Crippen LogP contribution in [-0.4, -0.2) is 42.9 Å². The highest BCUT2D eigenvalue weighted by atomic mass is 35.5. The second kappa shape index (κ2) is 6.24. The predicted molar refractivity (Wildman–Crippen MR) is 79.1 cm³/mol. The number of nitrogens with one attached hydrogen (secondary N) is 2. The minimum atomic E-state index is -0.331. The van der Waals surface area contributed by atoms with Gasteiger partial charge in [-0.1, -0.05) is 18.2 Å². The van der Waals surface area contributed by atoms with Crippen molar-refractivity contribution in [2.24, 2.45) is 0 Å². The summed E-state index contributed by atoms with van der Waals surface area (Å²) >= 11 is 0. The van der Waals surface area contributed by atoms with Crippen molar-refractivity contribution >= 4 is 29.9 Å². The van der Waals surface area contributed by atoms with Crippen molar-refractivity contribution in [1.29, 1.82) is 0 Å². The summed E-state index contributed by atoms with van der Waals surface area (Å²) in [4.78, 5) is 26.2. The van der Waals surface area contributed by atoms with E-state index >= 15 is 0 Å². The largest absolute Gasteiger partial charge is 0.340 e. The molecule has 108 valence electrons. The Morgan fingerprint density at radius 2 is 1.90 bits per heavy atom. The lowest BCUT2D eigenvalue weighted by Crippen LogP contribution is -2.48. The summed E-state index contributed by atoms with van der Waals surface area (Å²) in [6.07, 6.45) is 0.250. The number of piperazine rings is 1. The number of carbonyl (C=O) groups is 2. The van der Waals surface area contributed by atoms with Crippen LogP contribution in [0, 0.1) is 0 Å². The van der Waals surface area contributed by atoms with Gasteiger partial charge >= 0.3 is 0 Å². The van der Waals surface area contributed by atoms with Crippen LogP contribution in [0.5, 0.6) is 0 Å². The van der Waals surface area contributed by atoms with E-state index in [-0.39, 0.29) is 36.6 Å². The van der Waals surface area contributed by atoms with E-state index in [0.29, 0.717) is 0 Å². The fourth-order valence-corrected chi connectivity index (χ4v) is 2.74. The van der Waals surface area contributed by atoms with E-state index in [1.54, 1.807) is 0 Å². The molecule has 0 spiro atoms. The first-order chi connectivity index (χ1) is 9.25. The van der Waals surface area contributed by atoms with Crippen LogP contribution in [0.25, 0.3) is 0 Å². The summed E-state index contributed by atoms with van der Waals surface area (Å²) in [5.41, 5.74) is 1.71. The van der Waals surface area contributed by atoms with Crippen LogP contribution in [0.3, 0.4) is 0 Å². The van der Waals surface area contributed by atoms with E-state index in [1.807, 2.05) is 29.2 Å². The summed E-state index contributed by atoms with van der Waals surface area (Å²) < 4.78 is 0. The molecule has 2 heterocycles. The monoisotopic (exact) mass is 295 g/mol. The molecule has 1 unspecified atom stereocenters. The number of benzene rings is 1. The van der Waals surface area contributed by atoms with E-state index in [0.717, 1.165) is 37.4 Å². The molecule has 0 radical (unpaired) electrons. The second-order valence-corrected chi connectivity index (χ2v) is 4.97. The van der Waals surface area contributed by atoms with Crippen LogP contribution >= 0.6 is 12.4 Å². The summed E-state index contributed by atoms with van der Waals surface area (Å²) in [6, 6.07) is 7.56. The van der Waals surface area contributed by atoms with Gasteiger partial charge in [-0.2, -0.15) is 0 Å². The molecule has 5 nitrogen and oxygen atoms in total. The van der Waals surface area contributed by atoms with Crippen LogP contribution < -0.4 is 10.6 Å². The molecule has 0 aliphatic carbocycles. The maximum absolute atomic E-state index is 12.6. The molecule has 1 aromatic carbocycles. The van der Waals surface area contributed by atoms with Crippen molar-refractivity contribution in [3.63, 3.8) is 0 Å². The first kappa shape index (κ1) is 14.8. The van der Waals surface area contributed by atoms with Gasteiger partial charge in [0.15, 0.2) is 0 Å². The molecule has 2 aliphatic heterocycles.